The number of rotatable bonds is 3. The smallest absolute Gasteiger partial charge is 0.367 e. The van der Waals surface area contributed by atoms with E-state index >= 15 is 0 Å². The number of nitriles is 1. The summed E-state index contributed by atoms with van der Waals surface area (Å²) in [6, 6.07) is 4.52. The number of amides is 1. The van der Waals surface area contributed by atoms with Gasteiger partial charge in [0.05, 0.1) is 17.2 Å². The molecular formula is C21H24F3N5O. The van der Waals surface area contributed by atoms with Crippen molar-refractivity contribution in [2.24, 2.45) is 11.3 Å². The molecule has 160 valence electrons. The van der Waals surface area contributed by atoms with Crippen LogP contribution in [0.4, 0.5) is 18.9 Å². The van der Waals surface area contributed by atoms with Crippen LogP contribution >= 0.6 is 0 Å². The van der Waals surface area contributed by atoms with E-state index in [9.17, 15) is 23.2 Å². The van der Waals surface area contributed by atoms with Gasteiger partial charge in [0.2, 0.25) is 5.91 Å². The minimum Gasteiger partial charge on any atom is -0.367 e. The van der Waals surface area contributed by atoms with E-state index in [1.807, 2.05) is 26.8 Å². The first-order chi connectivity index (χ1) is 14.0. The molecule has 1 N–H and O–H groups in total. The van der Waals surface area contributed by atoms with Crippen LogP contribution in [0, 0.1) is 22.7 Å². The molecule has 1 fully saturated rings. The molecule has 2 aromatic rings. The lowest BCUT2D eigenvalue weighted by atomic mass is 9.90. The molecule has 9 heteroatoms. The number of anilines is 1. The highest BCUT2D eigenvalue weighted by Gasteiger charge is 2.45. The summed E-state index contributed by atoms with van der Waals surface area (Å²) in [6.07, 6.45) is -1.45. The van der Waals surface area contributed by atoms with Crippen LogP contribution < -0.4 is 10.2 Å². The van der Waals surface area contributed by atoms with Crippen molar-refractivity contribution in [1.29, 1.82) is 5.26 Å². The van der Waals surface area contributed by atoms with Crippen LogP contribution in [-0.2, 0) is 4.79 Å². The zero-order valence-corrected chi connectivity index (χ0v) is 17.1. The van der Waals surface area contributed by atoms with Crippen molar-refractivity contribution >= 4 is 22.6 Å². The largest absolute Gasteiger partial charge is 0.393 e. The summed E-state index contributed by atoms with van der Waals surface area (Å²) in [5, 5.41) is 12.1. The van der Waals surface area contributed by atoms with Crippen LogP contribution in [-0.4, -0.2) is 41.2 Å². The Morgan fingerprint density at radius 2 is 1.87 bits per heavy atom. The van der Waals surface area contributed by atoms with E-state index in [-0.39, 0.29) is 37.3 Å². The molecule has 3 rings (SSSR count). The highest BCUT2D eigenvalue weighted by molar-refractivity contribution is 5.92. The van der Waals surface area contributed by atoms with Crippen molar-refractivity contribution in [3.8, 4) is 6.07 Å². The first kappa shape index (κ1) is 21.8. The number of nitrogens with one attached hydrogen (secondary N) is 1. The van der Waals surface area contributed by atoms with Gasteiger partial charge in [-0.05, 0) is 24.0 Å². The topological polar surface area (TPSA) is 81.9 Å². The highest BCUT2D eigenvalue weighted by Crippen LogP contribution is 2.37. The van der Waals surface area contributed by atoms with Crippen LogP contribution in [0.2, 0.25) is 0 Å². The third kappa shape index (κ3) is 4.99. The lowest BCUT2D eigenvalue weighted by Crippen LogP contribution is -2.54. The number of benzene rings is 1. The van der Waals surface area contributed by atoms with E-state index < -0.39 is 18.1 Å². The summed E-state index contributed by atoms with van der Waals surface area (Å²) in [7, 11) is 0. The van der Waals surface area contributed by atoms with Gasteiger partial charge in [-0.3, -0.25) is 14.8 Å². The van der Waals surface area contributed by atoms with E-state index in [1.165, 1.54) is 18.5 Å². The second-order valence-corrected chi connectivity index (χ2v) is 8.88. The summed E-state index contributed by atoms with van der Waals surface area (Å²) < 4.78 is 40.9. The number of carbonyl (C=O) groups excluding carboxylic acids is 1. The molecule has 30 heavy (non-hydrogen) atoms. The number of halogens is 3. The number of nitrogens with zero attached hydrogens (tertiary/aromatic N) is 4. The van der Waals surface area contributed by atoms with Gasteiger partial charge >= 0.3 is 6.18 Å². The third-order valence-electron chi connectivity index (χ3n) is 5.03. The normalized spacial score (nSPS) is 20.1. The van der Waals surface area contributed by atoms with E-state index in [4.69, 9.17) is 0 Å². The summed E-state index contributed by atoms with van der Waals surface area (Å²) >= 11 is 0. The average molecular weight is 419 g/mol. The predicted octanol–water partition coefficient (Wildman–Crippen LogP) is 3.81. The molecule has 0 saturated carbocycles. The minimum atomic E-state index is -4.39. The first-order valence-electron chi connectivity index (χ1n) is 9.73. The van der Waals surface area contributed by atoms with Crippen molar-refractivity contribution in [2.75, 3.05) is 18.0 Å². The van der Waals surface area contributed by atoms with E-state index in [1.54, 1.807) is 11.0 Å². The van der Waals surface area contributed by atoms with Gasteiger partial charge in [-0.25, -0.2) is 0 Å². The fraction of sp³-hybridized carbons (Fsp3) is 0.524. The molecule has 0 unspecified atom stereocenters. The van der Waals surface area contributed by atoms with Gasteiger partial charge in [-0.15, -0.1) is 0 Å². The van der Waals surface area contributed by atoms with Crippen LogP contribution in [0.1, 0.15) is 39.2 Å². The maximum Gasteiger partial charge on any atom is 0.393 e. The summed E-state index contributed by atoms with van der Waals surface area (Å²) in [5.41, 5.74) is 1.24. The molecule has 1 saturated heterocycles. The number of alkyl halides is 3. The molecule has 0 aliphatic carbocycles. The molecule has 6 nitrogen and oxygen atoms in total. The van der Waals surface area contributed by atoms with Gasteiger partial charge in [-0.1, -0.05) is 20.8 Å². The van der Waals surface area contributed by atoms with Crippen molar-refractivity contribution in [1.82, 2.24) is 15.3 Å². The monoisotopic (exact) mass is 419 g/mol. The van der Waals surface area contributed by atoms with Gasteiger partial charge in [0.1, 0.15) is 17.1 Å². The zero-order valence-electron chi connectivity index (χ0n) is 17.1. The molecule has 1 aliphatic rings. The van der Waals surface area contributed by atoms with Crippen molar-refractivity contribution in [2.45, 2.75) is 45.8 Å². The molecular weight excluding hydrogens is 395 g/mol. The number of piperidine rings is 1. The van der Waals surface area contributed by atoms with Gasteiger partial charge in [0.15, 0.2) is 0 Å². The van der Waals surface area contributed by atoms with Crippen LogP contribution in [0.5, 0.6) is 0 Å². The molecule has 2 heterocycles. The maximum absolute atomic E-state index is 13.6. The van der Waals surface area contributed by atoms with Crippen LogP contribution in [0.3, 0.4) is 0 Å². The number of aromatic nitrogens is 2. The van der Waals surface area contributed by atoms with Crippen molar-refractivity contribution in [3.63, 3.8) is 0 Å². The highest BCUT2D eigenvalue weighted by atomic mass is 19.4. The minimum absolute atomic E-state index is 0.171. The average Bonchev–Trinajstić information content (AvgIpc) is 2.64. The first-order valence-corrected chi connectivity index (χ1v) is 9.73. The van der Waals surface area contributed by atoms with E-state index in [0.717, 1.165) is 0 Å². The maximum atomic E-state index is 13.6. The second kappa shape index (κ2) is 8.09. The summed E-state index contributed by atoms with van der Waals surface area (Å²) in [6.45, 7) is 5.69. The lowest BCUT2D eigenvalue weighted by molar-refractivity contribution is -0.178. The predicted molar refractivity (Wildman–Crippen MR) is 107 cm³/mol. The number of hydrogen-bond donors (Lipinski definition) is 1. The standard InChI is InChI=1S/C21H24F3N5O/c1-20(2,3)9-17(30)28-15-8-14(21(22,23)24)11-29(12-15)16-5-4-13(10-25)18-19(16)27-7-6-26-18/h4-7,14-15H,8-9,11-12H2,1-3H3,(H,28,30)/t14-,15+/m0/s1. The molecule has 1 aromatic heterocycles. The van der Waals surface area contributed by atoms with Gasteiger partial charge in [0.25, 0.3) is 0 Å². The molecule has 1 amide bonds. The fourth-order valence-corrected chi connectivity index (χ4v) is 3.79. The Morgan fingerprint density at radius 1 is 1.20 bits per heavy atom. The van der Waals surface area contributed by atoms with E-state index in [0.29, 0.717) is 22.3 Å². The molecule has 0 bridgehead atoms. The lowest BCUT2D eigenvalue weighted by Gasteiger charge is -2.40. The number of fused-ring (bicyclic) bond motifs is 1. The Bertz CT molecular complexity index is 977. The molecule has 1 aromatic carbocycles. The van der Waals surface area contributed by atoms with E-state index in [2.05, 4.69) is 15.3 Å². The summed E-state index contributed by atoms with van der Waals surface area (Å²) in [4.78, 5) is 22.4. The molecule has 0 spiro atoms. The molecule has 2 atom stereocenters. The Hall–Kier alpha value is -2.89. The molecule has 1 aliphatic heterocycles. The molecule has 0 radical (unpaired) electrons. The quantitative estimate of drug-likeness (QED) is 0.818. The number of carbonyl (C=O) groups is 1. The Balaban J connectivity index is 1.93. The second-order valence-electron chi connectivity index (χ2n) is 8.88. The number of hydrogen-bond acceptors (Lipinski definition) is 5. The van der Waals surface area contributed by atoms with Gasteiger partial charge < -0.3 is 10.2 Å². The van der Waals surface area contributed by atoms with Gasteiger partial charge in [0, 0.05) is 37.9 Å². The Morgan fingerprint density at radius 3 is 2.47 bits per heavy atom. The Labute approximate surface area is 173 Å². The fourth-order valence-electron chi connectivity index (χ4n) is 3.79. The SMILES string of the molecule is CC(C)(C)CC(=O)N[C@@H]1C[C@H](C(F)(F)F)CN(c2ccc(C#N)c3nccnc23)C1. The van der Waals surface area contributed by atoms with Crippen LogP contribution in [0.15, 0.2) is 24.5 Å². The third-order valence-corrected chi connectivity index (χ3v) is 5.03. The van der Waals surface area contributed by atoms with Crippen LogP contribution in [0.25, 0.3) is 11.0 Å². The van der Waals surface area contributed by atoms with Crippen molar-refractivity contribution < 1.29 is 18.0 Å². The Kier molecular flexibility index (Phi) is 5.88. The summed E-state index contributed by atoms with van der Waals surface area (Å²) in [5.74, 6) is -1.85. The zero-order chi connectivity index (χ0) is 22.1. The van der Waals surface area contributed by atoms with Gasteiger partial charge in [-0.2, -0.15) is 18.4 Å². The van der Waals surface area contributed by atoms with Crippen molar-refractivity contribution in [3.05, 3.63) is 30.1 Å².